The Bertz CT molecular complexity index is 605. The summed E-state index contributed by atoms with van der Waals surface area (Å²) >= 11 is 0. The van der Waals surface area contributed by atoms with Crippen LogP contribution in [0.1, 0.15) is 0 Å². The van der Waals surface area contributed by atoms with Crippen molar-refractivity contribution in [2.24, 2.45) is 0 Å². The van der Waals surface area contributed by atoms with E-state index in [1.807, 2.05) is 18.2 Å². The maximum Gasteiger partial charge on any atom is 0.114 e. The third-order valence-electron chi connectivity index (χ3n) is 4.03. The van der Waals surface area contributed by atoms with E-state index in [9.17, 15) is 5.11 Å². The van der Waals surface area contributed by atoms with E-state index >= 15 is 0 Å². The zero-order valence-corrected chi connectivity index (χ0v) is 14.5. The number of aliphatic hydroxyl groups is 1. The summed E-state index contributed by atoms with van der Waals surface area (Å²) in [6.45, 7) is 0.187. The molecule has 0 aliphatic rings. The Morgan fingerprint density at radius 2 is 0.870 bits per heavy atom. The van der Waals surface area contributed by atoms with Gasteiger partial charge in [-0.25, -0.2) is 0 Å². The molecule has 0 bridgehead atoms. The van der Waals surface area contributed by atoms with Gasteiger partial charge in [0.05, 0.1) is 12.8 Å². The van der Waals surface area contributed by atoms with Crippen LogP contribution in [0.5, 0.6) is 0 Å². The molecule has 3 aromatic carbocycles. The van der Waals surface area contributed by atoms with Gasteiger partial charge in [0.1, 0.15) is 23.2 Å². The van der Waals surface area contributed by atoms with E-state index in [4.69, 9.17) is 0 Å². The van der Waals surface area contributed by atoms with Crippen LogP contribution in [0.2, 0.25) is 0 Å². The van der Waals surface area contributed by atoms with E-state index in [2.05, 4.69) is 72.8 Å². The van der Waals surface area contributed by atoms with Crippen LogP contribution in [0, 0.1) is 0 Å². The van der Waals surface area contributed by atoms with Gasteiger partial charge in [0, 0.05) is 0 Å². The lowest BCUT2D eigenvalue weighted by Crippen LogP contribution is -3.00. The fraction of sp³-hybridized carbons (Fsp3) is 0.100. The van der Waals surface area contributed by atoms with Crippen LogP contribution in [-0.2, 0) is 0 Å². The van der Waals surface area contributed by atoms with Crippen LogP contribution in [0.3, 0.4) is 0 Å². The van der Waals surface area contributed by atoms with Crippen LogP contribution < -0.4 is 28.3 Å². The van der Waals surface area contributed by atoms with Crippen LogP contribution in [-0.4, -0.2) is 17.9 Å². The van der Waals surface area contributed by atoms with Gasteiger partial charge in [-0.15, -0.1) is 0 Å². The average Bonchev–Trinajstić information content (AvgIpc) is 2.62. The van der Waals surface area contributed by atoms with Gasteiger partial charge in [0.2, 0.25) is 0 Å². The molecule has 0 aliphatic carbocycles. The molecule has 1 N–H and O–H groups in total. The Labute approximate surface area is 144 Å². The number of aliphatic hydroxyl groups excluding tert-OH is 1. The Hall–Kier alpha value is -1.66. The van der Waals surface area contributed by atoms with Crippen molar-refractivity contribution in [3.05, 3.63) is 91.0 Å². The van der Waals surface area contributed by atoms with Gasteiger partial charge in [-0.05, 0) is 36.4 Å². The van der Waals surface area contributed by atoms with E-state index in [1.165, 1.54) is 15.9 Å². The molecule has 3 heteroatoms. The second kappa shape index (κ2) is 8.26. The standard InChI is InChI=1S/C20H20OP.ClH/c21-16-17-22(18-10-4-1-5-11-18,19-12-6-2-7-13-19)20-14-8-3-9-15-20;/h1-15,21H,16-17H2;1H/q+1;/p-1. The topological polar surface area (TPSA) is 20.2 Å². The van der Waals surface area contributed by atoms with Crippen molar-refractivity contribution in [3.8, 4) is 0 Å². The summed E-state index contributed by atoms with van der Waals surface area (Å²) < 4.78 is 0. The summed E-state index contributed by atoms with van der Waals surface area (Å²) in [5, 5.41) is 13.8. The van der Waals surface area contributed by atoms with Crippen LogP contribution in [0.15, 0.2) is 91.0 Å². The van der Waals surface area contributed by atoms with Gasteiger partial charge >= 0.3 is 0 Å². The largest absolute Gasteiger partial charge is 1.00 e. The molecule has 23 heavy (non-hydrogen) atoms. The van der Waals surface area contributed by atoms with Gasteiger partial charge in [-0.3, -0.25) is 0 Å². The van der Waals surface area contributed by atoms with E-state index in [1.54, 1.807) is 0 Å². The van der Waals surface area contributed by atoms with Gasteiger partial charge in [-0.1, -0.05) is 54.6 Å². The second-order valence-electron chi connectivity index (χ2n) is 5.26. The molecular weight excluding hydrogens is 323 g/mol. The Morgan fingerprint density at radius 1 is 0.565 bits per heavy atom. The predicted octanol–water partition coefficient (Wildman–Crippen LogP) is -0.0232. The summed E-state index contributed by atoms with van der Waals surface area (Å²) in [4.78, 5) is 0. The molecule has 0 aliphatic heterocycles. The van der Waals surface area contributed by atoms with Crippen molar-refractivity contribution in [1.29, 1.82) is 0 Å². The minimum atomic E-state index is -1.80. The van der Waals surface area contributed by atoms with E-state index in [0.717, 1.165) is 6.16 Å². The molecule has 0 fully saturated rings. The lowest BCUT2D eigenvalue weighted by molar-refractivity contribution is -0.00000538. The normalized spacial score (nSPS) is 10.8. The molecule has 0 saturated heterocycles. The molecule has 0 heterocycles. The van der Waals surface area contributed by atoms with E-state index in [-0.39, 0.29) is 19.0 Å². The van der Waals surface area contributed by atoms with Crippen molar-refractivity contribution in [1.82, 2.24) is 0 Å². The Morgan fingerprint density at radius 3 is 1.13 bits per heavy atom. The summed E-state index contributed by atoms with van der Waals surface area (Å²) in [6, 6.07) is 31.9. The van der Waals surface area contributed by atoms with Gasteiger partial charge in [-0.2, -0.15) is 0 Å². The first-order chi connectivity index (χ1) is 10.9. The van der Waals surface area contributed by atoms with Crippen LogP contribution in [0.4, 0.5) is 0 Å². The maximum atomic E-state index is 9.81. The van der Waals surface area contributed by atoms with Gasteiger partial charge in [0.15, 0.2) is 0 Å². The molecular formula is C20H20ClOP. The quantitative estimate of drug-likeness (QED) is 0.646. The molecule has 118 valence electrons. The highest BCUT2D eigenvalue weighted by Gasteiger charge is 2.44. The Kier molecular flexibility index (Phi) is 6.36. The highest BCUT2D eigenvalue weighted by molar-refractivity contribution is 7.95. The summed E-state index contributed by atoms with van der Waals surface area (Å²) in [5.74, 6) is 0. The number of benzene rings is 3. The molecule has 0 unspecified atom stereocenters. The second-order valence-corrected chi connectivity index (χ2v) is 8.88. The van der Waals surface area contributed by atoms with Crippen molar-refractivity contribution in [2.45, 2.75) is 0 Å². The molecule has 0 spiro atoms. The van der Waals surface area contributed by atoms with Crippen LogP contribution >= 0.6 is 7.26 Å². The maximum absolute atomic E-state index is 9.81. The van der Waals surface area contributed by atoms with E-state index < -0.39 is 7.26 Å². The number of hydrogen-bond donors (Lipinski definition) is 1. The third-order valence-corrected chi connectivity index (χ3v) is 8.44. The zero-order chi connectivity index (χ0) is 15.3. The summed E-state index contributed by atoms with van der Waals surface area (Å²) in [5.41, 5.74) is 0. The SMILES string of the molecule is OCC[P+](c1ccccc1)(c1ccccc1)c1ccccc1.[Cl-]. The number of hydrogen-bond acceptors (Lipinski definition) is 1. The van der Waals surface area contributed by atoms with Gasteiger partial charge < -0.3 is 17.5 Å². The zero-order valence-electron chi connectivity index (χ0n) is 12.8. The molecule has 0 amide bonds. The third kappa shape index (κ3) is 3.48. The first kappa shape index (κ1) is 17.7. The fourth-order valence-corrected chi connectivity index (χ4v) is 7.04. The lowest BCUT2D eigenvalue weighted by atomic mass is 10.4. The predicted molar refractivity (Wildman–Crippen MR) is 97.1 cm³/mol. The first-order valence-corrected chi connectivity index (χ1v) is 9.51. The molecule has 3 rings (SSSR count). The number of halogens is 1. The molecule has 3 aromatic rings. The molecule has 0 saturated carbocycles. The number of rotatable bonds is 5. The Balaban J connectivity index is 0.00000192. The minimum Gasteiger partial charge on any atom is -1.00 e. The van der Waals surface area contributed by atoms with Crippen molar-refractivity contribution >= 4 is 23.2 Å². The van der Waals surface area contributed by atoms with Crippen molar-refractivity contribution in [3.63, 3.8) is 0 Å². The average molecular weight is 343 g/mol. The highest BCUT2D eigenvalue weighted by atomic mass is 35.5. The monoisotopic (exact) mass is 342 g/mol. The molecule has 0 radical (unpaired) electrons. The minimum absolute atomic E-state index is 0. The smallest absolute Gasteiger partial charge is 0.114 e. The fourth-order valence-electron chi connectivity index (χ4n) is 3.03. The molecule has 0 aromatic heterocycles. The van der Waals surface area contributed by atoms with Gasteiger partial charge in [0.25, 0.3) is 0 Å². The highest BCUT2D eigenvalue weighted by Crippen LogP contribution is 2.54. The van der Waals surface area contributed by atoms with Crippen molar-refractivity contribution < 1.29 is 17.5 Å². The van der Waals surface area contributed by atoms with Crippen LogP contribution in [0.25, 0.3) is 0 Å². The van der Waals surface area contributed by atoms with Crippen molar-refractivity contribution in [2.75, 3.05) is 12.8 Å². The summed E-state index contributed by atoms with van der Waals surface area (Å²) in [6.07, 6.45) is 0.769. The lowest BCUT2D eigenvalue weighted by Gasteiger charge is -2.26. The summed E-state index contributed by atoms with van der Waals surface area (Å²) in [7, 11) is -1.80. The first-order valence-electron chi connectivity index (χ1n) is 7.54. The van der Waals surface area contributed by atoms with E-state index in [0.29, 0.717) is 0 Å². The molecule has 1 nitrogen and oxygen atoms in total. The molecule has 0 atom stereocenters.